The van der Waals surface area contributed by atoms with Gasteiger partial charge in [-0.2, -0.15) is 0 Å². The molecule has 0 saturated carbocycles. The average Bonchev–Trinajstić information content (AvgIpc) is 3.09. The molecule has 4 aromatic rings. The molecule has 4 nitrogen and oxygen atoms in total. The maximum atomic E-state index is 13.1. The first kappa shape index (κ1) is 21.0. The van der Waals surface area contributed by atoms with Gasteiger partial charge in [0.25, 0.3) is 11.1 Å². The molecule has 1 aliphatic heterocycles. The van der Waals surface area contributed by atoms with E-state index < -0.39 is 0 Å². The van der Waals surface area contributed by atoms with Crippen molar-refractivity contribution < 1.29 is 14.7 Å². The Labute approximate surface area is 196 Å². The van der Waals surface area contributed by atoms with Gasteiger partial charge in [0.15, 0.2) is 0 Å². The first-order chi connectivity index (χ1) is 16.1. The van der Waals surface area contributed by atoms with Crippen molar-refractivity contribution in [3.63, 3.8) is 0 Å². The largest absolute Gasteiger partial charge is 0.507 e. The van der Waals surface area contributed by atoms with Gasteiger partial charge in [0.2, 0.25) is 0 Å². The fraction of sp³-hybridized carbons (Fsp3) is 0.0714. The summed E-state index contributed by atoms with van der Waals surface area (Å²) >= 11 is 0.907. The second kappa shape index (κ2) is 8.96. The molecule has 1 fully saturated rings. The van der Waals surface area contributed by atoms with E-state index in [1.54, 1.807) is 12.1 Å². The van der Waals surface area contributed by atoms with Crippen molar-refractivity contribution in [2.24, 2.45) is 0 Å². The topological polar surface area (TPSA) is 57.6 Å². The molecule has 0 atom stereocenters. The molecule has 1 saturated heterocycles. The zero-order chi connectivity index (χ0) is 22.8. The molecule has 2 amide bonds. The third-order valence-corrected chi connectivity index (χ3v) is 6.62. The number of nitrogens with zero attached hydrogens (tertiary/aromatic N) is 1. The highest BCUT2D eigenvalue weighted by atomic mass is 32.2. The lowest BCUT2D eigenvalue weighted by molar-refractivity contribution is -0.123. The molecule has 0 radical (unpaired) electrons. The first-order valence-corrected chi connectivity index (χ1v) is 11.5. The average molecular weight is 452 g/mol. The van der Waals surface area contributed by atoms with Crippen molar-refractivity contribution in [2.45, 2.75) is 13.0 Å². The van der Waals surface area contributed by atoms with Crippen molar-refractivity contribution in [1.29, 1.82) is 0 Å². The molecular weight excluding hydrogens is 430 g/mol. The number of aromatic hydroxyl groups is 1. The molecule has 1 N–H and O–H groups in total. The molecule has 1 aliphatic rings. The summed E-state index contributed by atoms with van der Waals surface area (Å²) in [6.07, 6.45) is 2.32. The predicted molar refractivity (Wildman–Crippen MR) is 133 cm³/mol. The standard InChI is InChI=1S/C28H21NO3S/c30-25-14-13-20(15-19-7-2-1-3-8-19)16-23(25)17-26-27(31)29(28(32)33-26)18-22-11-6-10-21-9-4-5-12-24(21)22/h1-14,16-17,30H,15,18H2/b26-17-. The smallest absolute Gasteiger partial charge is 0.293 e. The maximum absolute atomic E-state index is 13.1. The van der Waals surface area contributed by atoms with E-state index in [4.69, 9.17) is 0 Å². The summed E-state index contributed by atoms with van der Waals surface area (Å²) in [5.74, 6) is -0.265. The minimum Gasteiger partial charge on any atom is -0.507 e. The Balaban J connectivity index is 1.40. The predicted octanol–water partition coefficient (Wildman–Crippen LogP) is 6.37. The number of hydrogen-bond acceptors (Lipinski definition) is 4. The summed E-state index contributed by atoms with van der Waals surface area (Å²) in [7, 11) is 0. The van der Waals surface area contributed by atoms with Crippen LogP contribution in [-0.4, -0.2) is 21.2 Å². The van der Waals surface area contributed by atoms with Crippen molar-refractivity contribution in [3.8, 4) is 5.75 Å². The van der Waals surface area contributed by atoms with Gasteiger partial charge in [-0.05, 0) is 63.9 Å². The highest BCUT2D eigenvalue weighted by molar-refractivity contribution is 8.18. The third kappa shape index (κ3) is 4.41. The van der Waals surface area contributed by atoms with Crippen LogP contribution in [0.5, 0.6) is 5.75 Å². The van der Waals surface area contributed by atoms with Crippen LogP contribution in [0, 0.1) is 0 Å². The summed E-state index contributed by atoms with van der Waals surface area (Å²) in [5, 5.41) is 12.2. The Morgan fingerprint density at radius 3 is 2.42 bits per heavy atom. The van der Waals surface area contributed by atoms with Gasteiger partial charge in [-0.25, -0.2) is 0 Å². The van der Waals surface area contributed by atoms with Gasteiger partial charge in [0, 0.05) is 5.56 Å². The number of carbonyl (C=O) groups excluding carboxylic acids is 2. The van der Waals surface area contributed by atoms with Crippen molar-refractivity contribution in [2.75, 3.05) is 0 Å². The van der Waals surface area contributed by atoms with E-state index in [2.05, 4.69) is 0 Å². The number of amides is 2. The van der Waals surface area contributed by atoms with Crippen LogP contribution >= 0.6 is 11.8 Å². The molecule has 0 aromatic heterocycles. The van der Waals surface area contributed by atoms with E-state index in [0.717, 1.165) is 39.2 Å². The highest BCUT2D eigenvalue weighted by Gasteiger charge is 2.35. The van der Waals surface area contributed by atoms with Gasteiger partial charge in [-0.15, -0.1) is 0 Å². The van der Waals surface area contributed by atoms with Crippen LogP contribution in [0.15, 0.2) is 95.9 Å². The van der Waals surface area contributed by atoms with Gasteiger partial charge < -0.3 is 5.11 Å². The minimum absolute atomic E-state index is 0.0765. The van der Waals surface area contributed by atoms with Crippen LogP contribution in [0.4, 0.5) is 4.79 Å². The van der Waals surface area contributed by atoms with Crippen LogP contribution in [0.2, 0.25) is 0 Å². The number of imide groups is 1. The highest BCUT2D eigenvalue weighted by Crippen LogP contribution is 2.35. The van der Waals surface area contributed by atoms with Crippen molar-refractivity contribution in [1.82, 2.24) is 4.90 Å². The van der Waals surface area contributed by atoms with Gasteiger partial charge in [-0.3, -0.25) is 14.5 Å². The minimum atomic E-state index is -0.342. The normalized spacial score (nSPS) is 15.0. The van der Waals surface area contributed by atoms with Crippen LogP contribution in [0.3, 0.4) is 0 Å². The Bertz CT molecular complexity index is 1390. The molecule has 0 bridgehead atoms. The van der Waals surface area contributed by atoms with Crippen LogP contribution in [0.25, 0.3) is 16.8 Å². The summed E-state index contributed by atoms with van der Waals surface area (Å²) in [6.45, 7) is 0.212. The monoisotopic (exact) mass is 451 g/mol. The zero-order valence-electron chi connectivity index (χ0n) is 17.8. The van der Waals surface area contributed by atoms with Gasteiger partial charge in [0.1, 0.15) is 5.75 Å². The summed E-state index contributed by atoms with van der Waals surface area (Å²) < 4.78 is 0. The van der Waals surface area contributed by atoms with E-state index in [1.807, 2.05) is 84.9 Å². The zero-order valence-corrected chi connectivity index (χ0v) is 18.6. The van der Waals surface area contributed by atoms with E-state index in [-0.39, 0.29) is 23.4 Å². The molecule has 33 heavy (non-hydrogen) atoms. The van der Waals surface area contributed by atoms with E-state index in [1.165, 1.54) is 4.90 Å². The molecule has 1 heterocycles. The molecule has 5 rings (SSSR count). The molecule has 4 aromatic carbocycles. The molecule has 0 aliphatic carbocycles. The Kier molecular flexibility index (Phi) is 5.71. The number of fused-ring (bicyclic) bond motifs is 1. The maximum Gasteiger partial charge on any atom is 0.293 e. The second-order valence-electron chi connectivity index (χ2n) is 7.96. The van der Waals surface area contributed by atoms with Crippen molar-refractivity contribution in [3.05, 3.63) is 118 Å². The number of rotatable bonds is 5. The number of thioether (sulfide) groups is 1. The van der Waals surface area contributed by atoms with Crippen molar-refractivity contribution >= 4 is 39.8 Å². The number of phenols is 1. The summed E-state index contributed by atoms with van der Waals surface area (Å²) in [4.78, 5) is 27.3. The third-order valence-electron chi connectivity index (χ3n) is 5.71. The van der Waals surface area contributed by atoms with E-state index in [9.17, 15) is 14.7 Å². The van der Waals surface area contributed by atoms with Crippen LogP contribution < -0.4 is 0 Å². The lowest BCUT2D eigenvalue weighted by Gasteiger charge is -2.14. The van der Waals surface area contributed by atoms with Crippen LogP contribution in [0.1, 0.15) is 22.3 Å². The SMILES string of the molecule is O=C1S/C(=C\c2cc(Cc3ccccc3)ccc2O)C(=O)N1Cc1cccc2ccccc12. The van der Waals surface area contributed by atoms with E-state index >= 15 is 0 Å². The van der Waals surface area contributed by atoms with Gasteiger partial charge in [-0.1, -0.05) is 78.9 Å². The molecular formula is C28H21NO3S. The molecule has 162 valence electrons. The summed E-state index contributed by atoms with van der Waals surface area (Å²) in [5.41, 5.74) is 3.62. The number of phenolic OH excluding ortho intramolecular Hbond substituents is 1. The second-order valence-corrected chi connectivity index (χ2v) is 8.95. The number of carbonyl (C=O) groups is 2. The Hall–Kier alpha value is -3.83. The fourth-order valence-electron chi connectivity index (χ4n) is 4.04. The number of hydrogen-bond donors (Lipinski definition) is 1. The number of benzene rings is 4. The van der Waals surface area contributed by atoms with E-state index in [0.29, 0.717) is 16.9 Å². The molecule has 0 unspecified atom stereocenters. The first-order valence-electron chi connectivity index (χ1n) is 10.7. The molecule has 5 heteroatoms. The lowest BCUT2D eigenvalue weighted by Crippen LogP contribution is -2.27. The Morgan fingerprint density at radius 2 is 1.58 bits per heavy atom. The Morgan fingerprint density at radius 1 is 0.818 bits per heavy atom. The quantitative estimate of drug-likeness (QED) is 0.358. The fourth-order valence-corrected chi connectivity index (χ4v) is 4.87. The van der Waals surface area contributed by atoms with Gasteiger partial charge in [0.05, 0.1) is 11.4 Å². The lowest BCUT2D eigenvalue weighted by atomic mass is 10.0. The molecule has 0 spiro atoms. The van der Waals surface area contributed by atoms with Gasteiger partial charge >= 0.3 is 0 Å². The summed E-state index contributed by atoms with van der Waals surface area (Å²) in [6, 6.07) is 29.2. The van der Waals surface area contributed by atoms with Crippen LogP contribution in [-0.2, 0) is 17.8 Å².